The molecule has 0 saturated carbocycles. The average Bonchev–Trinajstić information content (AvgIpc) is 2.53. The van der Waals surface area contributed by atoms with E-state index in [1.54, 1.807) is 11.8 Å². The van der Waals surface area contributed by atoms with Gasteiger partial charge in [0.05, 0.1) is 12.2 Å². The molecule has 0 saturated heterocycles. The number of amides is 1. The van der Waals surface area contributed by atoms with E-state index in [0.29, 0.717) is 5.02 Å². The average molecular weight is 335 g/mol. The minimum Gasteiger partial charge on any atom is -0.324 e. The van der Waals surface area contributed by atoms with Crippen LogP contribution >= 0.6 is 23.4 Å². The van der Waals surface area contributed by atoms with Crippen molar-refractivity contribution in [1.29, 1.82) is 0 Å². The molecule has 2 rings (SSSR count). The van der Waals surface area contributed by atoms with Gasteiger partial charge in [0, 0.05) is 16.0 Å². The molecule has 0 spiro atoms. The van der Waals surface area contributed by atoms with Gasteiger partial charge >= 0.3 is 0 Å². The molecule has 1 atom stereocenters. The maximum Gasteiger partial charge on any atom is 0.238 e. The van der Waals surface area contributed by atoms with Crippen LogP contribution in [0, 0.1) is 0 Å². The van der Waals surface area contributed by atoms with E-state index in [0.717, 1.165) is 16.1 Å². The SMILES string of the molecule is CSc1ccccc1NC(=O)CN[C@@H](C)c1cccc(Cl)c1. The fraction of sp³-hybridized carbons (Fsp3) is 0.235. The van der Waals surface area contributed by atoms with Crippen LogP contribution in [0.3, 0.4) is 0 Å². The predicted molar refractivity (Wildman–Crippen MR) is 94.7 cm³/mol. The van der Waals surface area contributed by atoms with Gasteiger partial charge in [-0.1, -0.05) is 35.9 Å². The number of nitrogens with one attached hydrogen (secondary N) is 2. The summed E-state index contributed by atoms with van der Waals surface area (Å²) < 4.78 is 0. The molecule has 0 aliphatic carbocycles. The van der Waals surface area contributed by atoms with Crippen LogP contribution in [0.4, 0.5) is 5.69 Å². The normalized spacial score (nSPS) is 12.0. The minimum atomic E-state index is -0.0598. The number of hydrogen-bond donors (Lipinski definition) is 2. The van der Waals surface area contributed by atoms with Crippen molar-refractivity contribution in [3.63, 3.8) is 0 Å². The molecule has 0 aliphatic heterocycles. The fourth-order valence-electron chi connectivity index (χ4n) is 2.08. The molecule has 1 amide bonds. The second-order valence-electron chi connectivity index (χ2n) is 4.91. The Morgan fingerprint density at radius 3 is 2.73 bits per heavy atom. The first kappa shape index (κ1) is 16.9. The lowest BCUT2D eigenvalue weighted by atomic mass is 10.1. The molecule has 0 aromatic heterocycles. The quantitative estimate of drug-likeness (QED) is 0.771. The molecular formula is C17H19ClN2OS. The Balaban J connectivity index is 1.90. The second kappa shape index (κ2) is 8.22. The molecule has 0 radical (unpaired) electrons. The Labute approximate surface area is 140 Å². The van der Waals surface area contributed by atoms with Crippen molar-refractivity contribution in [2.45, 2.75) is 17.9 Å². The maximum absolute atomic E-state index is 12.1. The van der Waals surface area contributed by atoms with Crippen molar-refractivity contribution in [1.82, 2.24) is 5.32 Å². The molecule has 116 valence electrons. The Kier molecular flexibility index (Phi) is 6.31. The molecule has 0 heterocycles. The first-order valence-electron chi connectivity index (χ1n) is 7.02. The third-order valence-corrected chi connectivity index (χ3v) is 4.33. The number of carbonyl (C=O) groups is 1. The van der Waals surface area contributed by atoms with Crippen LogP contribution in [-0.2, 0) is 4.79 Å². The lowest BCUT2D eigenvalue weighted by Crippen LogP contribution is -2.30. The van der Waals surface area contributed by atoms with Gasteiger partial charge in [-0.25, -0.2) is 0 Å². The summed E-state index contributed by atoms with van der Waals surface area (Å²) in [6.07, 6.45) is 1.99. The standard InChI is InChI=1S/C17H19ClN2OS/c1-12(13-6-5-7-14(18)10-13)19-11-17(21)20-15-8-3-4-9-16(15)22-2/h3-10,12,19H,11H2,1-2H3,(H,20,21)/t12-/m0/s1. The van der Waals surface area contributed by atoms with Crippen molar-refractivity contribution >= 4 is 35.0 Å². The van der Waals surface area contributed by atoms with E-state index in [9.17, 15) is 4.79 Å². The highest BCUT2D eigenvalue weighted by Gasteiger charge is 2.09. The van der Waals surface area contributed by atoms with E-state index in [2.05, 4.69) is 10.6 Å². The Morgan fingerprint density at radius 2 is 2.00 bits per heavy atom. The zero-order valence-electron chi connectivity index (χ0n) is 12.6. The van der Waals surface area contributed by atoms with Crippen molar-refractivity contribution in [3.05, 3.63) is 59.1 Å². The van der Waals surface area contributed by atoms with Gasteiger partial charge in [-0.05, 0) is 43.0 Å². The third kappa shape index (κ3) is 4.77. The highest BCUT2D eigenvalue weighted by atomic mass is 35.5. The molecule has 2 N–H and O–H groups in total. The lowest BCUT2D eigenvalue weighted by molar-refractivity contribution is -0.115. The summed E-state index contributed by atoms with van der Waals surface area (Å²) in [5.41, 5.74) is 1.90. The zero-order chi connectivity index (χ0) is 15.9. The van der Waals surface area contributed by atoms with Gasteiger partial charge in [0.2, 0.25) is 5.91 Å². The van der Waals surface area contributed by atoms with Crippen molar-refractivity contribution in [3.8, 4) is 0 Å². The van der Waals surface area contributed by atoms with E-state index in [1.165, 1.54) is 0 Å². The summed E-state index contributed by atoms with van der Waals surface area (Å²) >= 11 is 7.59. The van der Waals surface area contributed by atoms with Gasteiger partial charge in [0.25, 0.3) is 0 Å². The van der Waals surface area contributed by atoms with Gasteiger partial charge in [0.1, 0.15) is 0 Å². The molecule has 0 aliphatic rings. The molecule has 0 unspecified atom stereocenters. The van der Waals surface area contributed by atoms with Gasteiger partial charge < -0.3 is 10.6 Å². The second-order valence-corrected chi connectivity index (χ2v) is 6.19. The number of benzene rings is 2. The Hall–Kier alpha value is -1.49. The van der Waals surface area contributed by atoms with Gasteiger partial charge in [-0.15, -0.1) is 11.8 Å². The minimum absolute atomic E-state index is 0.0558. The topological polar surface area (TPSA) is 41.1 Å². The highest BCUT2D eigenvalue weighted by Crippen LogP contribution is 2.24. The summed E-state index contributed by atoms with van der Waals surface area (Å²) in [5.74, 6) is -0.0598. The summed E-state index contributed by atoms with van der Waals surface area (Å²) in [7, 11) is 0. The molecule has 5 heteroatoms. The molecule has 22 heavy (non-hydrogen) atoms. The number of anilines is 1. The molecule has 2 aromatic carbocycles. The van der Waals surface area contributed by atoms with Crippen molar-refractivity contribution in [2.75, 3.05) is 18.1 Å². The first-order chi connectivity index (χ1) is 10.6. The van der Waals surface area contributed by atoms with Crippen LogP contribution in [-0.4, -0.2) is 18.7 Å². The van der Waals surface area contributed by atoms with Gasteiger partial charge in [-0.2, -0.15) is 0 Å². The summed E-state index contributed by atoms with van der Waals surface area (Å²) in [6, 6.07) is 15.5. The lowest BCUT2D eigenvalue weighted by Gasteiger charge is -2.15. The fourth-order valence-corrected chi connectivity index (χ4v) is 2.83. The smallest absolute Gasteiger partial charge is 0.238 e. The number of hydrogen-bond acceptors (Lipinski definition) is 3. The van der Waals surface area contributed by atoms with E-state index < -0.39 is 0 Å². The van der Waals surface area contributed by atoms with Crippen molar-refractivity contribution < 1.29 is 4.79 Å². The molecule has 2 aromatic rings. The van der Waals surface area contributed by atoms with Crippen LogP contribution in [0.25, 0.3) is 0 Å². The van der Waals surface area contributed by atoms with Crippen LogP contribution in [0.5, 0.6) is 0 Å². The van der Waals surface area contributed by atoms with Crippen LogP contribution < -0.4 is 10.6 Å². The van der Waals surface area contributed by atoms with E-state index >= 15 is 0 Å². The third-order valence-electron chi connectivity index (χ3n) is 3.30. The van der Waals surface area contributed by atoms with E-state index in [-0.39, 0.29) is 18.5 Å². The van der Waals surface area contributed by atoms with Crippen LogP contribution in [0.2, 0.25) is 5.02 Å². The number of halogens is 1. The van der Waals surface area contributed by atoms with Gasteiger partial charge in [0.15, 0.2) is 0 Å². The first-order valence-corrected chi connectivity index (χ1v) is 8.62. The number of carbonyl (C=O) groups excluding carboxylic acids is 1. The number of para-hydroxylation sites is 1. The van der Waals surface area contributed by atoms with E-state index in [4.69, 9.17) is 11.6 Å². The Bertz CT molecular complexity index is 648. The van der Waals surface area contributed by atoms with Crippen LogP contribution in [0.15, 0.2) is 53.4 Å². The monoisotopic (exact) mass is 334 g/mol. The predicted octanol–water partition coefficient (Wildman–Crippen LogP) is 4.35. The van der Waals surface area contributed by atoms with E-state index in [1.807, 2.05) is 61.7 Å². The molecular weight excluding hydrogens is 316 g/mol. The highest BCUT2D eigenvalue weighted by molar-refractivity contribution is 7.98. The Morgan fingerprint density at radius 1 is 1.23 bits per heavy atom. The summed E-state index contributed by atoms with van der Waals surface area (Å²) in [5, 5.41) is 6.84. The number of rotatable bonds is 6. The largest absolute Gasteiger partial charge is 0.324 e. The van der Waals surface area contributed by atoms with Gasteiger partial charge in [-0.3, -0.25) is 4.79 Å². The van der Waals surface area contributed by atoms with Crippen molar-refractivity contribution in [2.24, 2.45) is 0 Å². The summed E-state index contributed by atoms with van der Waals surface area (Å²) in [6.45, 7) is 2.26. The maximum atomic E-state index is 12.1. The molecule has 0 fully saturated rings. The van der Waals surface area contributed by atoms with Crippen LogP contribution in [0.1, 0.15) is 18.5 Å². The summed E-state index contributed by atoms with van der Waals surface area (Å²) in [4.78, 5) is 13.1. The molecule has 0 bridgehead atoms. The zero-order valence-corrected chi connectivity index (χ0v) is 14.2. The number of thioether (sulfide) groups is 1. The molecule has 3 nitrogen and oxygen atoms in total.